The quantitative estimate of drug-likeness (QED) is 0.882. The van der Waals surface area contributed by atoms with Gasteiger partial charge in [-0.05, 0) is 35.3 Å². The van der Waals surface area contributed by atoms with Gasteiger partial charge in [0.15, 0.2) is 0 Å². The third-order valence-corrected chi connectivity index (χ3v) is 3.91. The Balaban J connectivity index is 2.36. The molecule has 1 amide bonds. The lowest BCUT2D eigenvalue weighted by atomic mass is 9.94. The lowest BCUT2D eigenvalue weighted by Gasteiger charge is -2.28. The highest BCUT2D eigenvalue weighted by atomic mass is 35.5. The fourth-order valence-corrected chi connectivity index (χ4v) is 2.47. The van der Waals surface area contributed by atoms with Crippen molar-refractivity contribution in [3.63, 3.8) is 0 Å². The first-order valence-electron chi connectivity index (χ1n) is 5.78. The SMILES string of the molecule is O=C(O)N1CCC(c2ccc(Cl)c(Cl)c2)=C(CO)C1. The Labute approximate surface area is 120 Å². The molecule has 0 atom stereocenters. The molecule has 0 aromatic heterocycles. The lowest BCUT2D eigenvalue weighted by molar-refractivity contribution is 0.147. The summed E-state index contributed by atoms with van der Waals surface area (Å²) in [6.45, 7) is 0.467. The van der Waals surface area contributed by atoms with Crippen molar-refractivity contribution >= 4 is 34.9 Å². The number of halogens is 2. The Morgan fingerprint density at radius 1 is 1.32 bits per heavy atom. The second-order valence-corrected chi connectivity index (χ2v) is 5.14. The standard InChI is InChI=1S/C13H13Cl2NO3/c14-11-2-1-8(5-12(11)15)10-3-4-16(13(18)19)6-9(10)7-17/h1-2,5,17H,3-4,6-7H2,(H,18,19). The molecule has 0 radical (unpaired) electrons. The van der Waals surface area contributed by atoms with Gasteiger partial charge in [-0.1, -0.05) is 29.3 Å². The maximum Gasteiger partial charge on any atom is 0.407 e. The van der Waals surface area contributed by atoms with E-state index in [-0.39, 0.29) is 13.2 Å². The molecular weight excluding hydrogens is 289 g/mol. The van der Waals surface area contributed by atoms with Crippen LogP contribution in [0.4, 0.5) is 4.79 Å². The number of hydrogen-bond donors (Lipinski definition) is 2. The van der Waals surface area contributed by atoms with E-state index >= 15 is 0 Å². The van der Waals surface area contributed by atoms with E-state index in [0.717, 1.165) is 11.1 Å². The van der Waals surface area contributed by atoms with Crippen LogP contribution in [0.5, 0.6) is 0 Å². The molecule has 6 heteroatoms. The predicted octanol–water partition coefficient (Wildman–Crippen LogP) is 3.12. The topological polar surface area (TPSA) is 60.8 Å². The second kappa shape index (κ2) is 5.82. The summed E-state index contributed by atoms with van der Waals surface area (Å²) in [5, 5.41) is 19.3. The van der Waals surface area contributed by atoms with Crippen molar-refractivity contribution in [2.45, 2.75) is 6.42 Å². The van der Waals surface area contributed by atoms with Crippen LogP contribution >= 0.6 is 23.2 Å². The number of benzene rings is 1. The molecule has 0 saturated heterocycles. The van der Waals surface area contributed by atoms with E-state index in [4.69, 9.17) is 28.3 Å². The van der Waals surface area contributed by atoms with Gasteiger partial charge in [0.25, 0.3) is 0 Å². The van der Waals surface area contributed by atoms with Crippen molar-refractivity contribution in [3.05, 3.63) is 39.4 Å². The summed E-state index contributed by atoms with van der Waals surface area (Å²) < 4.78 is 0. The van der Waals surface area contributed by atoms with Crippen molar-refractivity contribution in [1.29, 1.82) is 0 Å². The zero-order chi connectivity index (χ0) is 14.0. The van der Waals surface area contributed by atoms with Crippen molar-refractivity contribution in [2.24, 2.45) is 0 Å². The van der Waals surface area contributed by atoms with E-state index < -0.39 is 6.09 Å². The molecule has 0 spiro atoms. The first kappa shape index (κ1) is 14.2. The van der Waals surface area contributed by atoms with Gasteiger partial charge in [0, 0.05) is 13.1 Å². The van der Waals surface area contributed by atoms with E-state index in [1.807, 2.05) is 6.07 Å². The van der Waals surface area contributed by atoms with Crippen LogP contribution in [0.2, 0.25) is 10.0 Å². The van der Waals surface area contributed by atoms with Gasteiger partial charge < -0.3 is 15.1 Å². The van der Waals surface area contributed by atoms with Gasteiger partial charge in [0.1, 0.15) is 0 Å². The zero-order valence-corrected chi connectivity index (χ0v) is 11.6. The van der Waals surface area contributed by atoms with Crippen LogP contribution in [-0.4, -0.2) is 40.9 Å². The Kier molecular flexibility index (Phi) is 4.34. The summed E-state index contributed by atoms with van der Waals surface area (Å²) in [5.74, 6) is 0. The maximum atomic E-state index is 10.9. The normalized spacial score (nSPS) is 15.8. The summed E-state index contributed by atoms with van der Waals surface area (Å²) in [6, 6.07) is 5.27. The molecule has 102 valence electrons. The average Bonchev–Trinajstić information content (AvgIpc) is 2.41. The largest absolute Gasteiger partial charge is 0.465 e. The zero-order valence-electron chi connectivity index (χ0n) is 10.1. The van der Waals surface area contributed by atoms with Crippen LogP contribution in [0.15, 0.2) is 23.8 Å². The molecule has 19 heavy (non-hydrogen) atoms. The molecule has 2 rings (SSSR count). The van der Waals surface area contributed by atoms with Crippen molar-refractivity contribution < 1.29 is 15.0 Å². The first-order chi connectivity index (χ1) is 9.02. The van der Waals surface area contributed by atoms with Gasteiger partial charge in [-0.3, -0.25) is 0 Å². The van der Waals surface area contributed by atoms with E-state index in [1.54, 1.807) is 12.1 Å². The summed E-state index contributed by atoms with van der Waals surface area (Å²) in [7, 11) is 0. The molecule has 1 aliphatic rings. The molecule has 1 aromatic carbocycles. The van der Waals surface area contributed by atoms with E-state index in [9.17, 15) is 9.90 Å². The van der Waals surface area contributed by atoms with E-state index in [0.29, 0.717) is 28.6 Å². The van der Waals surface area contributed by atoms with Crippen LogP contribution in [0.25, 0.3) is 5.57 Å². The van der Waals surface area contributed by atoms with Crippen molar-refractivity contribution in [1.82, 2.24) is 4.90 Å². The Morgan fingerprint density at radius 3 is 2.63 bits per heavy atom. The highest BCUT2D eigenvalue weighted by Gasteiger charge is 2.22. The second-order valence-electron chi connectivity index (χ2n) is 4.32. The lowest BCUT2D eigenvalue weighted by Crippen LogP contribution is -2.36. The minimum Gasteiger partial charge on any atom is -0.465 e. The number of aliphatic hydroxyl groups excluding tert-OH is 1. The van der Waals surface area contributed by atoms with E-state index in [2.05, 4.69) is 0 Å². The summed E-state index contributed by atoms with van der Waals surface area (Å²) in [4.78, 5) is 12.2. The van der Waals surface area contributed by atoms with Gasteiger partial charge in [0.05, 0.1) is 16.7 Å². The highest BCUT2D eigenvalue weighted by molar-refractivity contribution is 6.42. The number of nitrogens with zero attached hydrogens (tertiary/aromatic N) is 1. The maximum absolute atomic E-state index is 10.9. The number of aliphatic hydroxyl groups is 1. The predicted molar refractivity (Wildman–Crippen MR) is 74.7 cm³/mol. The Bertz CT molecular complexity index is 543. The monoisotopic (exact) mass is 301 g/mol. The van der Waals surface area contributed by atoms with Crippen molar-refractivity contribution in [2.75, 3.05) is 19.7 Å². The number of hydrogen-bond acceptors (Lipinski definition) is 2. The molecule has 0 bridgehead atoms. The smallest absolute Gasteiger partial charge is 0.407 e. The van der Waals surface area contributed by atoms with Gasteiger partial charge in [0.2, 0.25) is 0 Å². The fourth-order valence-electron chi connectivity index (χ4n) is 2.17. The Hall–Kier alpha value is -1.23. The van der Waals surface area contributed by atoms with Crippen LogP contribution in [0.1, 0.15) is 12.0 Å². The van der Waals surface area contributed by atoms with Crippen LogP contribution in [0.3, 0.4) is 0 Å². The third kappa shape index (κ3) is 3.03. The molecule has 2 N–H and O–H groups in total. The summed E-state index contributed by atoms with van der Waals surface area (Å²) >= 11 is 11.9. The summed E-state index contributed by atoms with van der Waals surface area (Å²) in [5.41, 5.74) is 2.52. The number of rotatable bonds is 2. The molecule has 0 saturated carbocycles. The molecule has 1 heterocycles. The Morgan fingerprint density at radius 2 is 2.05 bits per heavy atom. The number of carbonyl (C=O) groups is 1. The molecule has 0 fully saturated rings. The minimum absolute atomic E-state index is 0.167. The van der Waals surface area contributed by atoms with Gasteiger partial charge >= 0.3 is 6.09 Å². The number of carboxylic acid groups (broad SMARTS) is 1. The van der Waals surface area contributed by atoms with Crippen molar-refractivity contribution in [3.8, 4) is 0 Å². The van der Waals surface area contributed by atoms with Crippen LogP contribution in [0, 0.1) is 0 Å². The minimum atomic E-state index is -0.973. The third-order valence-electron chi connectivity index (χ3n) is 3.17. The molecular formula is C13H13Cl2NO3. The highest BCUT2D eigenvalue weighted by Crippen LogP contribution is 2.31. The summed E-state index contributed by atoms with van der Waals surface area (Å²) in [6.07, 6.45) is -0.417. The van der Waals surface area contributed by atoms with Crippen LogP contribution in [-0.2, 0) is 0 Å². The van der Waals surface area contributed by atoms with E-state index in [1.165, 1.54) is 4.90 Å². The fraction of sp³-hybridized carbons (Fsp3) is 0.308. The number of amides is 1. The molecule has 1 aromatic rings. The average molecular weight is 302 g/mol. The van der Waals surface area contributed by atoms with Gasteiger partial charge in [-0.2, -0.15) is 0 Å². The first-order valence-corrected chi connectivity index (χ1v) is 6.53. The van der Waals surface area contributed by atoms with Gasteiger partial charge in [-0.25, -0.2) is 4.79 Å². The van der Waals surface area contributed by atoms with Crippen LogP contribution < -0.4 is 0 Å². The molecule has 1 aliphatic heterocycles. The molecule has 0 unspecified atom stereocenters. The molecule has 4 nitrogen and oxygen atoms in total. The van der Waals surface area contributed by atoms with Gasteiger partial charge in [-0.15, -0.1) is 0 Å². The molecule has 0 aliphatic carbocycles.